The largest absolute Gasteiger partial charge is 0.416 e. The highest BCUT2D eigenvalue weighted by molar-refractivity contribution is 6.06. The predicted octanol–water partition coefficient (Wildman–Crippen LogP) is 3.62. The first-order valence-electron chi connectivity index (χ1n) is 8.61. The zero-order valence-corrected chi connectivity index (χ0v) is 15.1. The fourth-order valence-corrected chi connectivity index (χ4v) is 3.17. The first kappa shape index (κ1) is 18.7. The molecule has 0 saturated carbocycles. The molecule has 1 aromatic carbocycles. The number of amides is 1. The van der Waals surface area contributed by atoms with Gasteiger partial charge in [-0.25, -0.2) is 4.68 Å². The molecule has 10 heteroatoms. The van der Waals surface area contributed by atoms with E-state index < -0.39 is 23.7 Å². The second-order valence-electron chi connectivity index (χ2n) is 6.38. The average molecular weight is 400 g/mol. The summed E-state index contributed by atoms with van der Waals surface area (Å²) in [5.41, 5.74) is 0.524. The van der Waals surface area contributed by atoms with Crippen molar-refractivity contribution in [1.29, 1.82) is 0 Å². The zero-order valence-electron chi connectivity index (χ0n) is 15.1. The Balaban J connectivity index is 1.71. The monoisotopic (exact) mass is 400 g/mol. The maximum Gasteiger partial charge on any atom is 0.416 e. The topological polar surface area (TPSA) is 84.7 Å². The SMILES string of the molecule is CC1=C(C(=O)Nc2cccc(C(F)(F)F)c2)[C@H](c2ccccn2)n2ncnc2N1. The molecule has 1 aliphatic rings. The van der Waals surface area contributed by atoms with Crippen LogP contribution in [0, 0.1) is 0 Å². The van der Waals surface area contributed by atoms with Gasteiger partial charge in [0.1, 0.15) is 12.4 Å². The number of carbonyl (C=O) groups excluding carboxylic acids is 1. The van der Waals surface area contributed by atoms with E-state index in [9.17, 15) is 18.0 Å². The first-order chi connectivity index (χ1) is 13.8. The van der Waals surface area contributed by atoms with E-state index in [1.54, 1.807) is 31.3 Å². The van der Waals surface area contributed by atoms with Crippen molar-refractivity contribution in [2.75, 3.05) is 10.6 Å². The van der Waals surface area contributed by atoms with Gasteiger partial charge < -0.3 is 10.6 Å². The van der Waals surface area contributed by atoms with Crippen LogP contribution in [-0.4, -0.2) is 25.7 Å². The highest BCUT2D eigenvalue weighted by atomic mass is 19.4. The van der Waals surface area contributed by atoms with E-state index in [-0.39, 0.29) is 11.3 Å². The van der Waals surface area contributed by atoms with Gasteiger partial charge in [-0.1, -0.05) is 12.1 Å². The van der Waals surface area contributed by atoms with Crippen LogP contribution in [0.4, 0.5) is 24.8 Å². The number of pyridine rings is 1. The molecule has 0 unspecified atom stereocenters. The molecule has 148 valence electrons. The van der Waals surface area contributed by atoms with Crippen LogP contribution >= 0.6 is 0 Å². The number of fused-ring (bicyclic) bond motifs is 1. The van der Waals surface area contributed by atoms with Gasteiger partial charge in [-0.15, -0.1) is 0 Å². The van der Waals surface area contributed by atoms with Crippen molar-refractivity contribution in [3.63, 3.8) is 0 Å². The van der Waals surface area contributed by atoms with Crippen molar-refractivity contribution in [2.45, 2.75) is 19.1 Å². The third-order valence-electron chi connectivity index (χ3n) is 4.45. The standard InChI is InChI=1S/C19H15F3N6O/c1-11-15(17(29)27-13-6-4-5-12(9-13)19(20,21)22)16(14-7-2-3-8-23-14)28-18(26-11)24-10-25-28/h2-10,16H,1H3,(H,27,29)(H,24,25,26)/t16-/m0/s1. The number of rotatable bonds is 3. The van der Waals surface area contributed by atoms with Gasteiger partial charge in [-0.3, -0.25) is 9.78 Å². The zero-order chi connectivity index (χ0) is 20.6. The quantitative estimate of drug-likeness (QED) is 0.702. The van der Waals surface area contributed by atoms with Gasteiger partial charge in [0.2, 0.25) is 5.95 Å². The van der Waals surface area contributed by atoms with E-state index >= 15 is 0 Å². The Morgan fingerprint density at radius 1 is 1.17 bits per heavy atom. The third kappa shape index (κ3) is 3.56. The van der Waals surface area contributed by atoms with E-state index in [0.29, 0.717) is 17.3 Å². The Kier molecular flexibility index (Phi) is 4.53. The van der Waals surface area contributed by atoms with Gasteiger partial charge in [-0.05, 0) is 37.3 Å². The summed E-state index contributed by atoms with van der Waals surface area (Å²) in [5, 5.41) is 9.72. The Bertz CT molecular complexity index is 1090. The molecular weight excluding hydrogens is 385 g/mol. The summed E-state index contributed by atoms with van der Waals surface area (Å²) in [6.45, 7) is 1.69. The molecule has 4 rings (SSSR count). The second kappa shape index (κ2) is 7.04. The summed E-state index contributed by atoms with van der Waals surface area (Å²) in [7, 11) is 0. The van der Waals surface area contributed by atoms with Gasteiger partial charge >= 0.3 is 6.18 Å². The van der Waals surface area contributed by atoms with Crippen molar-refractivity contribution in [3.05, 3.63) is 77.5 Å². The number of benzene rings is 1. The molecule has 0 radical (unpaired) electrons. The lowest BCUT2D eigenvalue weighted by molar-refractivity contribution is -0.137. The number of halogens is 3. The molecule has 3 heterocycles. The summed E-state index contributed by atoms with van der Waals surface area (Å²) in [5.74, 6) is -0.125. The molecule has 2 aromatic heterocycles. The third-order valence-corrected chi connectivity index (χ3v) is 4.45. The van der Waals surface area contributed by atoms with Crippen LogP contribution in [0.5, 0.6) is 0 Å². The van der Waals surface area contributed by atoms with Crippen LogP contribution in [0.3, 0.4) is 0 Å². The van der Waals surface area contributed by atoms with E-state index in [4.69, 9.17) is 0 Å². The average Bonchev–Trinajstić information content (AvgIpc) is 3.15. The second-order valence-corrected chi connectivity index (χ2v) is 6.38. The van der Waals surface area contributed by atoms with Crippen LogP contribution in [0.25, 0.3) is 0 Å². The lowest BCUT2D eigenvalue weighted by Crippen LogP contribution is -2.32. The molecule has 1 aliphatic heterocycles. The molecule has 0 fully saturated rings. The summed E-state index contributed by atoms with van der Waals surface area (Å²) in [6.07, 6.45) is -1.57. The summed E-state index contributed by atoms with van der Waals surface area (Å²) in [4.78, 5) is 21.5. The number of alkyl halides is 3. The summed E-state index contributed by atoms with van der Waals surface area (Å²) < 4.78 is 40.4. The Labute approximate surface area is 163 Å². The molecule has 0 saturated heterocycles. The number of aromatic nitrogens is 4. The molecule has 2 N–H and O–H groups in total. The lowest BCUT2D eigenvalue weighted by Gasteiger charge is -2.28. The number of hydrogen-bond donors (Lipinski definition) is 2. The smallest absolute Gasteiger partial charge is 0.328 e. The van der Waals surface area contributed by atoms with Crippen molar-refractivity contribution in [2.24, 2.45) is 0 Å². The van der Waals surface area contributed by atoms with Crippen LogP contribution in [0.15, 0.2) is 66.3 Å². The van der Waals surface area contributed by atoms with Gasteiger partial charge in [0.25, 0.3) is 5.91 Å². The number of anilines is 2. The first-order valence-corrected chi connectivity index (χ1v) is 8.61. The van der Waals surface area contributed by atoms with Crippen LogP contribution in [-0.2, 0) is 11.0 Å². The Morgan fingerprint density at radius 2 is 2.00 bits per heavy atom. The van der Waals surface area contributed by atoms with Gasteiger partial charge in [0, 0.05) is 17.6 Å². The number of nitrogens with zero attached hydrogens (tertiary/aromatic N) is 4. The van der Waals surface area contributed by atoms with E-state index in [1.165, 1.54) is 23.1 Å². The van der Waals surface area contributed by atoms with Crippen LogP contribution in [0.2, 0.25) is 0 Å². The molecule has 0 spiro atoms. The summed E-state index contributed by atoms with van der Waals surface area (Å²) in [6, 6.07) is 9.05. The Morgan fingerprint density at radius 3 is 2.72 bits per heavy atom. The molecule has 1 atom stereocenters. The van der Waals surface area contributed by atoms with Gasteiger partial charge in [-0.2, -0.15) is 23.3 Å². The highest BCUT2D eigenvalue weighted by Crippen LogP contribution is 2.35. The minimum atomic E-state index is -4.51. The minimum absolute atomic E-state index is 0.0364. The van der Waals surface area contributed by atoms with Crippen molar-refractivity contribution < 1.29 is 18.0 Å². The van der Waals surface area contributed by atoms with Crippen molar-refractivity contribution in [3.8, 4) is 0 Å². The fourth-order valence-electron chi connectivity index (χ4n) is 3.17. The molecular formula is C19H15F3N6O. The number of hydrogen-bond acceptors (Lipinski definition) is 5. The predicted molar refractivity (Wildman–Crippen MR) is 98.8 cm³/mol. The number of nitrogens with one attached hydrogen (secondary N) is 2. The molecule has 1 amide bonds. The summed E-state index contributed by atoms with van der Waals surface area (Å²) >= 11 is 0. The molecule has 0 bridgehead atoms. The van der Waals surface area contributed by atoms with Crippen LogP contribution < -0.4 is 10.6 Å². The maximum absolute atomic E-state index is 13.1. The van der Waals surface area contributed by atoms with Crippen molar-refractivity contribution in [1.82, 2.24) is 19.7 Å². The molecule has 3 aromatic rings. The highest BCUT2D eigenvalue weighted by Gasteiger charge is 2.35. The van der Waals surface area contributed by atoms with Gasteiger partial charge in [0.05, 0.1) is 16.8 Å². The molecule has 0 aliphatic carbocycles. The van der Waals surface area contributed by atoms with Gasteiger partial charge in [0.15, 0.2) is 0 Å². The number of allylic oxidation sites excluding steroid dienone is 1. The fraction of sp³-hybridized carbons (Fsp3) is 0.158. The lowest BCUT2D eigenvalue weighted by atomic mass is 9.98. The maximum atomic E-state index is 13.1. The molecule has 29 heavy (non-hydrogen) atoms. The van der Waals surface area contributed by atoms with E-state index in [2.05, 4.69) is 25.7 Å². The van der Waals surface area contributed by atoms with E-state index in [1.807, 2.05) is 0 Å². The molecule has 7 nitrogen and oxygen atoms in total. The number of carbonyl (C=O) groups is 1. The normalized spacial score (nSPS) is 16.2. The van der Waals surface area contributed by atoms with Crippen LogP contribution in [0.1, 0.15) is 24.2 Å². The van der Waals surface area contributed by atoms with E-state index in [0.717, 1.165) is 12.1 Å². The minimum Gasteiger partial charge on any atom is -0.328 e. The Hall–Kier alpha value is -3.69. The van der Waals surface area contributed by atoms with Crippen molar-refractivity contribution >= 4 is 17.5 Å².